The van der Waals surface area contributed by atoms with Crippen LogP contribution in [-0.2, 0) is 9.59 Å². The highest BCUT2D eigenvalue weighted by Gasteiger charge is 2.35. The summed E-state index contributed by atoms with van der Waals surface area (Å²) in [6.45, 7) is 3.65. The Labute approximate surface area is 162 Å². The SMILES string of the molecule is CC(C)c1ccc(/C=C2/NC(=O)N(CC(=O)Nc3ccccc3F)C2=O)cc1. The molecule has 1 aliphatic rings. The van der Waals surface area contributed by atoms with E-state index in [1.165, 1.54) is 18.2 Å². The topological polar surface area (TPSA) is 78.5 Å². The van der Waals surface area contributed by atoms with E-state index in [1.807, 2.05) is 24.3 Å². The number of hydrogen-bond donors (Lipinski definition) is 2. The van der Waals surface area contributed by atoms with E-state index in [-0.39, 0.29) is 11.4 Å². The van der Waals surface area contributed by atoms with E-state index in [4.69, 9.17) is 0 Å². The van der Waals surface area contributed by atoms with Crippen molar-refractivity contribution in [1.82, 2.24) is 10.2 Å². The number of halogens is 1. The van der Waals surface area contributed by atoms with Gasteiger partial charge in [0.25, 0.3) is 5.91 Å². The molecule has 7 heteroatoms. The summed E-state index contributed by atoms with van der Waals surface area (Å²) in [6.07, 6.45) is 1.55. The molecule has 1 aliphatic heterocycles. The van der Waals surface area contributed by atoms with Crippen LogP contribution < -0.4 is 10.6 Å². The van der Waals surface area contributed by atoms with E-state index in [9.17, 15) is 18.8 Å². The molecular weight excluding hydrogens is 361 g/mol. The fourth-order valence-corrected chi connectivity index (χ4v) is 2.75. The van der Waals surface area contributed by atoms with Crippen LogP contribution in [0.3, 0.4) is 0 Å². The minimum absolute atomic E-state index is 0.0134. The first-order valence-electron chi connectivity index (χ1n) is 8.84. The van der Waals surface area contributed by atoms with Gasteiger partial charge in [0.2, 0.25) is 5.91 Å². The fourth-order valence-electron chi connectivity index (χ4n) is 2.75. The van der Waals surface area contributed by atoms with Crippen LogP contribution in [0.2, 0.25) is 0 Å². The molecule has 0 unspecified atom stereocenters. The lowest BCUT2D eigenvalue weighted by molar-refractivity contribution is -0.127. The molecule has 3 rings (SSSR count). The number of hydrogen-bond acceptors (Lipinski definition) is 3. The summed E-state index contributed by atoms with van der Waals surface area (Å²) in [7, 11) is 0. The molecule has 6 nitrogen and oxygen atoms in total. The monoisotopic (exact) mass is 381 g/mol. The van der Waals surface area contributed by atoms with Crippen molar-refractivity contribution in [3.05, 3.63) is 71.2 Å². The standard InChI is InChI=1S/C21H20FN3O3/c1-13(2)15-9-7-14(8-10-15)11-18-20(27)25(21(28)24-18)12-19(26)23-17-6-4-3-5-16(17)22/h3-11,13H,12H2,1-2H3,(H,23,26)(H,24,28)/b18-11+. The van der Waals surface area contributed by atoms with Gasteiger partial charge in [-0.1, -0.05) is 50.2 Å². The van der Waals surface area contributed by atoms with Crippen LogP contribution in [0.4, 0.5) is 14.9 Å². The normalized spacial score (nSPS) is 15.3. The van der Waals surface area contributed by atoms with Crippen LogP contribution in [-0.4, -0.2) is 29.3 Å². The van der Waals surface area contributed by atoms with Crippen molar-refractivity contribution in [2.24, 2.45) is 0 Å². The summed E-state index contributed by atoms with van der Waals surface area (Å²) in [5.74, 6) is -1.49. The van der Waals surface area contributed by atoms with Crippen LogP contribution in [0, 0.1) is 5.82 Å². The van der Waals surface area contributed by atoms with Gasteiger partial charge in [-0.25, -0.2) is 14.1 Å². The average molecular weight is 381 g/mol. The molecule has 0 spiro atoms. The van der Waals surface area contributed by atoms with Gasteiger partial charge in [0.15, 0.2) is 0 Å². The average Bonchev–Trinajstić information content (AvgIpc) is 2.91. The highest BCUT2D eigenvalue weighted by Crippen LogP contribution is 2.18. The summed E-state index contributed by atoms with van der Waals surface area (Å²) in [4.78, 5) is 37.4. The molecule has 4 amide bonds. The number of nitrogens with one attached hydrogen (secondary N) is 2. The molecule has 0 atom stereocenters. The van der Waals surface area contributed by atoms with Crippen LogP contribution in [0.5, 0.6) is 0 Å². The molecule has 1 saturated heterocycles. The lowest BCUT2D eigenvalue weighted by Gasteiger charge is -2.12. The molecular formula is C21H20FN3O3. The third kappa shape index (κ3) is 4.25. The van der Waals surface area contributed by atoms with Crippen molar-refractivity contribution >= 4 is 29.6 Å². The summed E-state index contributed by atoms with van der Waals surface area (Å²) in [6, 6.07) is 12.6. The van der Waals surface area contributed by atoms with Crippen molar-refractivity contribution in [3.8, 4) is 0 Å². The molecule has 28 heavy (non-hydrogen) atoms. The number of anilines is 1. The van der Waals surface area contributed by atoms with Gasteiger partial charge in [0, 0.05) is 0 Å². The lowest BCUT2D eigenvalue weighted by atomic mass is 10.0. The van der Waals surface area contributed by atoms with Crippen molar-refractivity contribution < 1.29 is 18.8 Å². The van der Waals surface area contributed by atoms with Crippen LogP contribution in [0.25, 0.3) is 6.08 Å². The number of urea groups is 1. The van der Waals surface area contributed by atoms with Gasteiger partial charge >= 0.3 is 6.03 Å². The van der Waals surface area contributed by atoms with Crippen LogP contribution in [0.1, 0.15) is 30.9 Å². The Morgan fingerprint density at radius 3 is 2.46 bits per heavy atom. The Morgan fingerprint density at radius 1 is 1.14 bits per heavy atom. The van der Waals surface area contributed by atoms with E-state index < -0.39 is 30.2 Å². The third-order valence-corrected chi connectivity index (χ3v) is 4.33. The number of nitrogens with zero attached hydrogens (tertiary/aromatic N) is 1. The number of carbonyl (C=O) groups is 3. The van der Waals surface area contributed by atoms with Crippen LogP contribution in [0.15, 0.2) is 54.2 Å². The zero-order valence-corrected chi connectivity index (χ0v) is 15.5. The van der Waals surface area contributed by atoms with Gasteiger partial charge < -0.3 is 10.6 Å². The minimum Gasteiger partial charge on any atom is -0.322 e. The number of imide groups is 1. The predicted octanol–water partition coefficient (Wildman–Crippen LogP) is 3.48. The number of rotatable bonds is 5. The zero-order chi connectivity index (χ0) is 20.3. The molecule has 2 N–H and O–H groups in total. The largest absolute Gasteiger partial charge is 0.329 e. The van der Waals surface area contributed by atoms with Crippen molar-refractivity contribution in [2.45, 2.75) is 19.8 Å². The molecule has 1 heterocycles. The number of para-hydroxylation sites is 1. The molecule has 144 valence electrons. The van der Waals surface area contributed by atoms with Crippen molar-refractivity contribution in [3.63, 3.8) is 0 Å². The lowest BCUT2D eigenvalue weighted by Crippen LogP contribution is -2.38. The summed E-state index contributed by atoms with van der Waals surface area (Å²) in [5.41, 5.74) is 1.99. The van der Waals surface area contributed by atoms with Gasteiger partial charge in [0.1, 0.15) is 18.1 Å². The first-order chi connectivity index (χ1) is 13.3. The highest BCUT2D eigenvalue weighted by atomic mass is 19.1. The fraction of sp³-hybridized carbons (Fsp3) is 0.190. The number of carbonyl (C=O) groups excluding carboxylic acids is 3. The van der Waals surface area contributed by atoms with E-state index in [0.29, 0.717) is 5.92 Å². The second-order valence-electron chi connectivity index (χ2n) is 6.73. The Bertz CT molecular complexity index is 952. The Morgan fingerprint density at radius 2 is 1.82 bits per heavy atom. The van der Waals surface area contributed by atoms with Gasteiger partial charge in [-0.2, -0.15) is 0 Å². The first kappa shape index (κ1) is 19.3. The van der Waals surface area contributed by atoms with E-state index >= 15 is 0 Å². The Kier molecular flexibility index (Phi) is 5.54. The molecule has 2 aromatic rings. The summed E-state index contributed by atoms with van der Waals surface area (Å²) < 4.78 is 13.6. The Hall–Kier alpha value is -3.48. The number of benzene rings is 2. The summed E-state index contributed by atoms with van der Waals surface area (Å²) in [5, 5.41) is 4.82. The quantitative estimate of drug-likeness (QED) is 0.615. The van der Waals surface area contributed by atoms with E-state index in [2.05, 4.69) is 24.5 Å². The maximum absolute atomic E-state index is 13.6. The van der Waals surface area contributed by atoms with Gasteiger partial charge in [-0.05, 0) is 35.3 Å². The maximum Gasteiger partial charge on any atom is 0.329 e. The summed E-state index contributed by atoms with van der Waals surface area (Å²) >= 11 is 0. The number of amides is 4. The minimum atomic E-state index is -0.696. The smallest absolute Gasteiger partial charge is 0.322 e. The van der Waals surface area contributed by atoms with Crippen molar-refractivity contribution in [2.75, 3.05) is 11.9 Å². The zero-order valence-electron chi connectivity index (χ0n) is 15.5. The van der Waals surface area contributed by atoms with Crippen LogP contribution >= 0.6 is 0 Å². The second kappa shape index (κ2) is 8.04. The molecule has 0 bridgehead atoms. The third-order valence-electron chi connectivity index (χ3n) is 4.33. The molecule has 1 fully saturated rings. The molecule has 0 saturated carbocycles. The van der Waals surface area contributed by atoms with E-state index in [0.717, 1.165) is 16.0 Å². The van der Waals surface area contributed by atoms with Gasteiger partial charge in [0.05, 0.1) is 5.69 Å². The maximum atomic E-state index is 13.6. The predicted molar refractivity (Wildman–Crippen MR) is 104 cm³/mol. The van der Waals surface area contributed by atoms with E-state index in [1.54, 1.807) is 12.1 Å². The highest BCUT2D eigenvalue weighted by molar-refractivity contribution is 6.15. The second-order valence-corrected chi connectivity index (χ2v) is 6.73. The van der Waals surface area contributed by atoms with Crippen molar-refractivity contribution in [1.29, 1.82) is 0 Å². The van der Waals surface area contributed by atoms with Gasteiger partial charge in [-0.3, -0.25) is 9.59 Å². The molecule has 0 aliphatic carbocycles. The molecule has 0 radical (unpaired) electrons. The molecule has 0 aromatic heterocycles. The molecule has 2 aromatic carbocycles. The first-order valence-corrected chi connectivity index (χ1v) is 8.84. The van der Waals surface area contributed by atoms with Gasteiger partial charge in [-0.15, -0.1) is 0 Å². The Balaban J connectivity index is 1.69.